The van der Waals surface area contributed by atoms with E-state index in [1.165, 1.54) is 4.88 Å². The number of rotatable bonds is 7. The summed E-state index contributed by atoms with van der Waals surface area (Å²) >= 11 is 1.69. The van der Waals surface area contributed by atoms with Gasteiger partial charge < -0.3 is 14.6 Å². The van der Waals surface area contributed by atoms with Gasteiger partial charge in [-0.05, 0) is 32.3 Å². The monoisotopic (exact) mass is 362 g/mol. The van der Waals surface area contributed by atoms with Crippen LogP contribution in [0, 0.1) is 13.8 Å². The number of carbonyl (C=O) groups is 1. The van der Waals surface area contributed by atoms with Gasteiger partial charge in [0, 0.05) is 36.6 Å². The molecule has 134 valence electrons. The molecule has 1 saturated heterocycles. The zero-order chi connectivity index (χ0) is 17.9. The molecule has 3 rings (SSSR count). The molecule has 1 atom stereocenters. The molecule has 0 aliphatic carbocycles. The summed E-state index contributed by atoms with van der Waals surface area (Å²) in [6.45, 7) is 5.08. The molecule has 0 saturated carbocycles. The van der Waals surface area contributed by atoms with Gasteiger partial charge in [0.05, 0.1) is 17.3 Å². The summed E-state index contributed by atoms with van der Waals surface area (Å²) in [5.74, 6) is -0.371. The Hall–Kier alpha value is -1.99. The molecule has 0 amide bonds. The quantitative estimate of drug-likeness (QED) is 0.815. The normalized spacial score (nSPS) is 19.9. The maximum atomic E-state index is 11.5. The number of hydrogen-bond acceptors (Lipinski definition) is 6. The largest absolute Gasteiger partial charge is 0.479 e. The van der Waals surface area contributed by atoms with Crippen LogP contribution >= 0.6 is 11.3 Å². The van der Waals surface area contributed by atoms with Crippen molar-refractivity contribution in [2.24, 2.45) is 0 Å². The standard InChI is InChI=1S/C18H22N2O4S/c1-12-15(20-13(2)25-12)6-9-23-16-5-4-14(11-19-16)10-18(17(21)22)7-3-8-24-18/h4-5,11H,3,6-10H2,1-2H3,(H,21,22). The van der Waals surface area contributed by atoms with Crippen molar-refractivity contribution in [3.05, 3.63) is 39.5 Å². The molecule has 25 heavy (non-hydrogen) atoms. The van der Waals surface area contributed by atoms with E-state index in [0.29, 0.717) is 31.9 Å². The van der Waals surface area contributed by atoms with Crippen molar-refractivity contribution in [2.75, 3.05) is 13.2 Å². The average molecular weight is 362 g/mol. The summed E-state index contributed by atoms with van der Waals surface area (Å²) in [4.78, 5) is 21.5. The van der Waals surface area contributed by atoms with Gasteiger partial charge in [-0.1, -0.05) is 6.07 Å². The maximum Gasteiger partial charge on any atom is 0.336 e. The Morgan fingerprint density at radius 3 is 2.84 bits per heavy atom. The Bertz CT molecular complexity index is 736. The van der Waals surface area contributed by atoms with Gasteiger partial charge in [-0.15, -0.1) is 11.3 Å². The average Bonchev–Trinajstić information content (AvgIpc) is 3.17. The second-order valence-corrected chi connectivity index (χ2v) is 7.67. The zero-order valence-electron chi connectivity index (χ0n) is 14.4. The Morgan fingerprint density at radius 2 is 2.28 bits per heavy atom. The van der Waals surface area contributed by atoms with Crippen LogP contribution < -0.4 is 4.74 Å². The van der Waals surface area contributed by atoms with Gasteiger partial charge in [-0.25, -0.2) is 14.8 Å². The van der Waals surface area contributed by atoms with Gasteiger partial charge in [-0.2, -0.15) is 0 Å². The smallest absolute Gasteiger partial charge is 0.336 e. The molecule has 7 heteroatoms. The molecule has 1 aliphatic rings. The van der Waals surface area contributed by atoms with E-state index < -0.39 is 11.6 Å². The van der Waals surface area contributed by atoms with Crippen LogP contribution in [0.1, 0.15) is 34.0 Å². The third-order valence-electron chi connectivity index (χ3n) is 4.37. The number of thiazole rings is 1. The van der Waals surface area contributed by atoms with E-state index >= 15 is 0 Å². The highest BCUT2D eigenvalue weighted by atomic mass is 32.1. The molecule has 1 aliphatic heterocycles. The molecule has 2 aromatic heterocycles. The van der Waals surface area contributed by atoms with E-state index in [9.17, 15) is 9.90 Å². The first-order valence-corrected chi connectivity index (χ1v) is 9.18. The van der Waals surface area contributed by atoms with Gasteiger partial charge >= 0.3 is 5.97 Å². The number of ether oxygens (including phenoxy) is 2. The van der Waals surface area contributed by atoms with Crippen LogP contribution in [0.2, 0.25) is 0 Å². The molecule has 2 aromatic rings. The first-order chi connectivity index (χ1) is 12.0. The summed E-state index contributed by atoms with van der Waals surface area (Å²) in [6.07, 6.45) is 4.05. The SMILES string of the molecule is Cc1nc(CCOc2ccc(CC3(C(=O)O)CCCO3)cn2)c(C)s1. The number of nitrogens with zero attached hydrogens (tertiary/aromatic N) is 2. The van der Waals surface area contributed by atoms with E-state index in [1.807, 2.05) is 13.0 Å². The Morgan fingerprint density at radius 1 is 1.44 bits per heavy atom. The fraction of sp³-hybridized carbons (Fsp3) is 0.500. The molecular formula is C18H22N2O4S. The minimum atomic E-state index is -1.11. The lowest BCUT2D eigenvalue weighted by atomic mass is 9.92. The highest BCUT2D eigenvalue weighted by Crippen LogP contribution is 2.30. The lowest BCUT2D eigenvalue weighted by Gasteiger charge is -2.23. The van der Waals surface area contributed by atoms with Crippen molar-refractivity contribution in [2.45, 2.75) is 45.1 Å². The summed E-state index contributed by atoms with van der Waals surface area (Å²) in [6, 6.07) is 3.63. The van der Waals surface area contributed by atoms with Gasteiger partial charge in [0.15, 0.2) is 5.60 Å². The van der Waals surface area contributed by atoms with Crippen LogP contribution in [0.5, 0.6) is 5.88 Å². The Balaban J connectivity index is 1.55. The molecule has 0 bridgehead atoms. The number of carboxylic acid groups (broad SMARTS) is 1. The minimum absolute atomic E-state index is 0.326. The first kappa shape index (κ1) is 17.8. The maximum absolute atomic E-state index is 11.5. The number of aliphatic carboxylic acids is 1. The molecule has 3 heterocycles. The predicted octanol–water partition coefficient (Wildman–Crippen LogP) is 2.95. The summed E-state index contributed by atoms with van der Waals surface area (Å²) in [7, 11) is 0. The number of hydrogen-bond donors (Lipinski definition) is 1. The fourth-order valence-corrected chi connectivity index (χ4v) is 3.93. The summed E-state index contributed by atoms with van der Waals surface area (Å²) < 4.78 is 11.2. The number of aryl methyl sites for hydroxylation is 2. The van der Waals surface area contributed by atoms with Crippen LogP contribution in [0.3, 0.4) is 0 Å². The van der Waals surface area contributed by atoms with Crippen LogP contribution in [-0.2, 0) is 22.4 Å². The van der Waals surface area contributed by atoms with Crippen molar-refractivity contribution >= 4 is 17.3 Å². The molecule has 6 nitrogen and oxygen atoms in total. The minimum Gasteiger partial charge on any atom is -0.479 e. The Kier molecular flexibility index (Phi) is 5.34. The molecule has 1 N–H and O–H groups in total. The lowest BCUT2D eigenvalue weighted by Crippen LogP contribution is -2.40. The van der Waals surface area contributed by atoms with Crippen molar-refractivity contribution in [1.29, 1.82) is 0 Å². The molecule has 0 radical (unpaired) electrons. The number of aromatic nitrogens is 2. The van der Waals surface area contributed by atoms with E-state index in [1.54, 1.807) is 23.6 Å². The van der Waals surface area contributed by atoms with Crippen molar-refractivity contribution < 1.29 is 19.4 Å². The van der Waals surface area contributed by atoms with Gasteiger partial charge in [-0.3, -0.25) is 0 Å². The number of pyridine rings is 1. The highest BCUT2D eigenvalue weighted by Gasteiger charge is 2.42. The molecule has 1 fully saturated rings. The third-order valence-corrected chi connectivity index (χ3v) is 5.30. The summed E-state index contributed by atoms with van der Waals surface area (Å²) in [5, 5.41) is 10.5. The third kappa shape index (κ3) is 4.16. The summed E-state index contributed by atoms with van der Waals surface area (Å²) in [5.41, 5.74) is 0.799. The molecule has 0 spiro atoms. The highest BCUT2D eigenvalue weighted by molar-refractivity contribution is 7.11. The topological polar surface area (TPSA) is 81.5 Å². The first-order valence-electron chi connectivity index (χ1n) is 8.36. The van der Waals surface area contributed by atoms with E-state index in [4.69, 9.17) is 9.47 Å². The van der Waals surface area contributed by atoms with Crippen molar-refractivity contribution in [1.82, 2.24) is 9.97 Å². The van der Waals surface area contributed by atoms with Gasteiger partial charge in [0.1, 0.15) is 0 Å². The van der Waals surface area contributed by atoms with Crippen LogP contribution in [0.15, 0.2) is 18.3 Å². The van der Waals surface area contributed by atoms with E-state index in [2.05, 4.69) is 16.9 Å². The Labute approximate surface area is 150 Å². The second-order valence-electron chi connectivity index (χ2n) is 6.27. The van der Waals surface area contributed by atoms with E-state index in [-0.39, 0.29) is 0 Å². The number of carboxylic acids is 1. The molecule has 1 unspecified atom stereocenters. The zero-order valence-corrected chi connectivity index (χ0v) is 15.3. The second kappa shape index (κ2) is 7.49. The molecular weight excluding hydrogens is 340 g/mol. The van der Waals surface area contributed by atoms with Crippen LogP contribution in [0.25, 0.3) is 0 Å². The predicted molar refractivity (Wildman–Crippen MR) is 94.3 cm³/mol. The van der Waals surface area contributed by atoms with E-state index in [0.717, 1.165) is 29.1 Å². The van der Waals surface area contributed by atoms with Crippen molar-refractivity contribution in [3.8, 4) is 5.88 Å². The van der Waals surface area contributed by atoms with Crippen molar-refractivity contribution in [3.63, 3.8) is 0 Å². The van der Waals surface area contributed by atoms with Crippen LogP contribution in [0.4, 0.5) is 0 Å². The molecule has 0 aromatic carbocycles. The van der Waals surface area contributed by atoms with Crippen LogP contribution in [-0.4, -0.2) is 39.9 Å². The van der Waals surface area contributed by atoms with Gasteiger partial charge in [0.25, 0.3) is 0 Å². The lowest BCUT2D eigenvalue weighted by molar-refractivity contribution is -0.159. The van der Waals surface area contributed by atoms with Gasteiger partial charge in [0.2, 0.25) is 5.88 Å². The fourth-order valence-electron chi connectivity index (χ4n) is 3.07.